The smallest absolute Gasteiger partial charge is 0.416 e. The molecule has 5 aromatic carbocycles. The number of aryl methyl sites for hydroxylation is 1. The van der Waals surface area contributed by atoms with Crippen molar-refractivity contribution in [3.63, 3.8) is 0 Å². The normalized spacial score (nSPS) is 12.1. The van der Waals surface area contributed by atoms with Gasteiger partial charge in [0.2, 0.25) is 0 Å². The molecule has 0 bridgehead atoms. The minimum Gasteiger partial charge on any atom is -0.497 e. The van der Waals surface area contributed by atoms with E-state index in [1.807, 2.05) is 104 Å². The van der Waals surface area contributed by atoms with Crippen LogP contribution in [0.3, 0.4) is 0 Å². The fraction of sp³-hybridized carbons (Fsp3) is 0.0882. The quantitative estimate of drug-likeness (QED) is 0.134. The van der Waals surface area contributed by atoms with Crippen LogP contribution in [0.5, 0.6) is 5.75 Å². The van der Waals surface area contributed by atoms with Crippen molar-refractivity contribution in [2.45, 2.75) is 37.6 Å². The van der Waals surface area contributed by atoms with Gasteiger partial charge < -0.3 is 4.74 Å². The van der Waals surface area contributed by atoms with E-state index in [4.69, 9.17) is 4.74 Å². The van der Waals surface area contributed by atoms with Crippen molar-refractivity contribution in [3.05, 3.63) is 144 Å². The number of rotatable bonds is 8. The van der Waals surface area contributed by atoms with Crippen molar-refractivity contribution in [1.29, 1.82) is 0 Å². The molecule has 0 radical (unpaired) electrons. The molecule has 0 aliphatic heterocycles. The Hall–Kier alpha value is -3.94. The van der Waals surface area contributed by atoms with Crippen molar-refractivity contribution >= 4 is 28.4 Å². The van der Waals surface area contributed by atoms with Crippen LogP contribution in [-0.4, -0.2) is 12.9 Å². The highest BCUT2D eigenvalue weighted by Crippen LogP contribution is 2.37. The molecule has 0 spiro atoms. The van der Waals surface area contributed by atoms with E-state index in [9.17, 15) is 18.0 Å². The van der Waals surface area contributed by atoms with Gasteiger partial charge in [0.1, 0.15) is 5.75 Å². The van der Waals surface area contributed by atoms with Gasteiger partial charge in [-0.15, -0.1) is 0 Å². The Balaban J connectivity index is 1.43. The first-order valence-electron chi connectivity index (χ1n) is 12.8. The molecular formula is C34H26F3O2S2+. The van der Waals surface area contributed by atoms with Gasteiger partial charge in [-0.3, -0.25) is 4.79 Å². The summed E-state index contributed by atoms with van der Waals surface area (Å²) in [5.41, 5.74) is 1.56. The van der Waals surface area contributed by atoms with Gasteiger partial charge in [0, 0.05) is 20.9 Å². The third kappa shape index (κ3) is 6.69. The maximum absolute atomic E-state index is 13.2. The number of alkyl halides is 3. The number of benzene rings is 5. The molecule has 0 saturated carbocycles. The minimum atomic E-state index is -4.39. The Labute approximate surface area is 244 Å². The van der Waals surface area contributed by atoms with E-state index >= 15 is 0 Å². The zero-order valence-electron chi connectivity index (χ0n) is 22.3. The number of carbonyl (C=O) groups excluding carboxylic acids is 1. The SMILES string of the molecule is COc1ccc([S+](c2ccc(Sc3ccc(C)c(C(=O)c4ccccc4)c3)cc2)c2ccc(C(F)(F)F)cc2)cc1. The van der Waals surface area contributed by atoms with Gasteiger partial charge in [0.25, 0.3) is 0 Å². The van der Waals surface area contributed by atoms with E-state index in [0.29, 0.717) is 16.9 Å². The van der Waals surface area contributed by atoms with Crippen LogP contribution in [0.2, 0.25) is 0 Å². The standard InChI is InChI=1S/C34H26F3O2S2/c1-23-8-13-28(22-32(23)33(38)24-6-4-3-5-7-24)40-27-14-20-31(21-15-27)41(30-18-11-26(39-2)12-19-30)29-16-9-25(10-17-29)34(35,36)37/h3-22H,1-2H3/q+1. The molecule has 0 aliphatic rings. The second-order valence-corrected chi connectivity index (χ2v) is 12.4. The van der Waals surface area contributed by atoms with Crippen LogP contribution in [0.1, 0.15) is 27.0 Å². The zero-order chi connectivity index (χ0) is 29.0. The zero-order valence-corrected chi connectivity index (χ0v) is 23.9. The molecule has 41 heavy (non-hydrogen) atoms. The summed E-state index contributed by atoms with van der Waals surface area (Å²) in [5.74, 6) is 0.695. The molecule has 0 N–H and O–H groups in total. The summed E-state index contributed by atoms with van der Waals surface area (Å²) < 4.78 is 45.0. The average molecular weight is 588 g/mol. The van der Waals surface area contributed by atoms with Crippen molar-refractivity contribution in [2.24, 2.45) is 0 Å². The summed E-state index contributed by atoms with van der Waals surface area (Å²) in [5, 5.41) is 0. The molecule has 0 fully saturated rings. The number of carbonyl (C=O) groups is 1. The molecule has 1 atom stereocenters. The van der Waals surface area contributed by atoms with E-state index in [2.05, 4.69) is 0 Å². The number of ketones is 1. The minimum absolute atomic E-state index is 0.0130. The largest absolute Gasteiger partial charge is 0.497 e. The van der Waals surface area contributed by atoms with Crippen LogP contribution in [0.15, 0.2) is 146 Å². The van der Waals surface area contributed by atoms with Gasteiger partial charge in [-0.2, -0.15) is 13.2 Å². The molecule has 206 valence electrons. The Kier molecular flexibility index (Phi) is 8.57. The van der Waals surface area contributed by atoms with Gasteiger partial charge in [0.15, 0.2) is 20.5 Å². The maximum Gasteiger partial charge on any atom is 0.416 e. The summed E-state index contributed by atoms with van der Waals surface area (Å²) >= 11 is 1.55. The fourth-order valence-electron chi connectivity index (χ4n) is 4.33. The lowest BCUT2D eigenvalue weighted by molar-refractivity contribution is -0.137. The first-order valence-corrected chi connectivity index (χ1v) is 14.8. The summed E-state index contributed by atoms with van der Waals surface area (Å²) in [6.45, 7) is 1.93. The van der Waals surface area contributed by atoms with Crippen molar-refractivity contribution < 1.29 is 22.7 Å². The Bertz CT molecular complexity index is 1630. The summed E-state index contributed by atoms with van der Waals surface area (Å²) in [4.78, 5) is 17.8. The predicted octanol–water partition coefficient (Wildman–Crippen LogP) is 9.50. The molecule has 1 unspecified atom stereocenters. The van der Waals surface area contributed by atoms with Gasteiger partial charge >= 0.3 is 6.18 Å². The second kappa shape index (κ2) is 12.3. The number of hydrogen-bond acceptors (Lipinski definition) is 3. The monoisotopic (exact) mass is 587 g/mol. The van der Waals surface area contributed by atoms with Crippen LogP contribution in [0.4, 0.5) is 13.2 Å². The molecule has 0 aromatic heterocycles. The molecule has 2 nitrogen and oxygen atoms in total. The van der Waals surface area contributed by atoms with E-state index < -0.39 is 22.6 Å². The fourth-order valence-corrected chi connectivity index (χ4v) is 7.23. The Morgan fingerprint density at radius 1 is 0.707 bits per heavy atom. The van der Waals surface area contributed by atoms with Gasteiger partial charge in [-0.25, -0.2) is 0 Å². The van der Waals surface area contributed by atoms with E-state index in [1.165, 1.54) is 0 Å². The van der Waals surface area contributed by atoms with Crippen molar-refractivity contribution in [3.8, 4) is 5.75 Å². The van der Waals surface area contributed by atoms with Crippen LogP contribution in [-0.2, 0) is 17.1 Å². The third-order valence-corrected chi connectivity index (χ3v) is 9.73. The van der Waals surface area contributed by atoms with Gasteiger partial charge in [-0.05, 0) is 97.4 Å². The number of methoxy groups -OCH3 is 1. The van der Waals surface area contributed by atoms with Crippen molar-refractivity contribution in [2.75, 3.05) is 7.11 Å². The summed E-state index contributed by atoms with van der Waals surface area (Å²) in [6.07, 6.45) is -4.39. The highest BCUT2D eigenvalue weighted by atomic mass is 32.2. The third-order valence-electron chi connectivity index (χ3n) is 6.50. The number of ether oxygens (including phenoxy) is 1. The van der Waals surface area contributed by atoms with Crippen LogP contribution in [0, 0.1) is 6.92 Å². The molecule has 0 saturated heterocycles. The molecule has 7 heteroatoms. The molecule has 5 aromatic rings. The maximum atomic E-state index is 13.2. The lowest BCUT2D eigenvalue weighted by Crippen LogP contribution is -2.08. The van der Waals surface area contributed by atoms with Crippen LogP contribution in [0.25, 0.3) is 0 Å². The summed E-state index contributed by atoms with van der Waals surface area (Å²) in [7, 11) is 0.967. The first kappa shape index (κ1) is 28.6. The Morgan fingerprint density at radius 3 is 1.80 bits per heavy atom. The molecule has 5 rings (SSSR count). The lowest BCUT2D eigenvalue weighted by Gasteiger charge is -2.11. The number of halogens is 3. The Morgan fingerprint density at radius 2 is 1.24 bits per heavy atom. The predicted molar refractivity (Wildman–Crippen MR) is 158 cm³/mol. The second-order valence-electron chi connectivity index (χ2n) is 9.25. The molecule has 0 amide bonds. The number of hydrogen-bond donors (Lipinski definition) is 0. The summed E-state index contributed by atoms with van der Waals surface area (Å²) in [6, 6.07) is 36.1. The highest BCUT2D eigenvalue weighted by molar-refractivity contribution is 7.99. The van der Waals surface area contributed by atoms with Crippen molar-refractivity contribution in [1.82, 2.24) is 0 Å². The first-order chi connectivity index (χ1) is 19.7. The van der Waals surface area contributed by atoms with E-state index in [-0.39, 0.29) is 5.78 Å². The van der Waals surface area contributed by atoms with E-state index in [0.717, 1.165) is 42.2 Å². The van der Waals surface area contributed by atoms with Gasteiger partial charge in [0.05, 0.1) is 23.6 Å². The van der Waals surface area contributed by atoms with Crippen LogP contribution < -0.4 is 4.74 Å². The van der Waals surface area contributed by atoms with E-state index in [1.54, 1.807) is 31.0 Å². The van der Waals surface area contributed by atoms with Gasteiger partial charge in [-0.1, -0.05) is 48.2 Å². The highest BCUT2D eigenvalue weighted by Gasteiger charge is 2.33. The lowest BCUT2D eigenvalue weighted by atomic mass is 9.99. The molecular weight excluding hydrogens is 562 g/mol. The average Bonchev–Trinajstić information content (AvgIpc) is 2.99. The van der Waals surface area contributed by atoms with Crippen LogP contribution >= 0.6 is 11.8 Å². The molecule has 0 aliphatic carbocycles. The topological polar surface area (TPSA) is 26.3 Å². The molecule has 0 heterocycles.